The van der Waals surface area contributed by atoms with Gasteiger partial charge in [-0.25, -0.2) is 0 Å². The molecule has 0 aromatic carbocycles. The minimum absolute atomic E-state index is 0.0638. The summed E-state index contributed by atoms with van der Waals surface area (Å²) in [4.78, 5) is 23.2. The monoisotopic (exact) mass is 214 g/mol. The molecule has 0 saturated carbocycles. The molecule has 0 aliphatic carbocycles. The summed E-state index contributed by atoms with van der Waals surface area (Å²) in [6.07, 6.45) is 2.53. The molecule has 0 radical (unpaired) electrons. The van der Waals surface area contributed by atoms with E-state index < -0.39 is 12.0 Å². The van der Waals surface area contributed by atoms with E-state index in [1.165, 1.54) is 4.90 Å². The number of carbonyl (C=O) groups excluding carboxylic acids is 1. The molecule has 15 heavy (non-hydrogen) atoms. The summed E-state index contributed by atoms with van der Waals surface area (Å²) in [6.45, 7) is 3.91. The molecule has 0 bridgehead atoms. The first kappa shape index (κ1) is 13.6. The van der Waals surface area contributed by atoms with Crippen molar-refractivity contribution in [1.82, 2.24) is 4.90 Å². The normalized spacial score (nSPS) is 11.9. The summed E-state index contributed by atoms with van der Waals surface area (Å²) in [5, 5.41) is 8.42. The van der Waals surface area contributed by atoms with Gasteiger partial charge in [-0.15, -0.1) is 6.58 Å². The molecule has 0 saturated heterocycles. The van der Waals surface area contributed by atoms with Crippen LogP contribution in [0, 0.1) is 0 Å². The minimum atomic E-state index is -0.855. The number of carboxylic acid groups (broad SMARTS) is 1. The number of hydrogen-bond donors (Lipinski definition) is 2. The Hall–Kier alpha value is -1.36. The van der Waals surface area contributed by atoms with Crippen LogP contribution < -0.4 is 5.73 Å². The van der Waals surface area contributed by atoms with Crippen molar-refractivity contribution in [3.05, 3.63) is 12.7 Å². The minimum Gasteiger partial charge on any atom is -0.481 e. The largest absolute Gasteiger partial charge is 0.481 e. The fourth-order valence-electron chi connectivity index (χ4n) is 1.14. The highest BCUT2D eigenvalue weighted by atomic mass is 16.4. The van der Waals surface area contributed by atoms with Crippen molar-refractivity contribution in [2.75, 3.05) is 13.6 Å². The van der Waals surface area contributed by atoms with Crippen molar-refractivity contribution >= 4 is 11.9 Å². The molecule has 1 amide bonds. The Kier molecular flexibility index (Phi) is 6.37. The van der Waals surface area contributed by atoms with Crippen molar-refractivity contribution < 1.29 is 14.7 Å². The molecule has 1 atom stereocenters. The van der Waals surface area contributed by atoms with Crippen LogP contribution in [0.3, 0.4) is 0 Å². The maximum Gasteiger partial charge on any atom is 0.303 e. The number of carboxylic acids is 1. The summed E-state index contributed by atoms with van der Waals surface area (Å²) >= 11 is 0. The van der Waals surface area contributed by atoms with Crippen LogP contribution in [0.25, 0.3) is 0 Å². The summed E-state index contributed by atoms with van der Waals surface area (Å²) in [6, 6.07) is -0.572. The van der Waals surface area contributed by atoms with Crippen LogP contribution in [0.15, 0.2) is 12.7 Å². The predicted octanol–water partition coefficient (Wildman–Crippen LogP) is 0.213. The number of rotatable bonds is 7. The van der Waals surface area contributed by atoms with Gasteiger partial charge in [-0.3, -0.25) is 9.59 Å². The Morgan fingerprint density at radius 3 is 2.67 bits per heavy atom. The number of aliphatic carboxylic acids is 1. The second-order valence-electron chi connectivity index (χ2n) is 3.39. The topological polar surface area (TPSA) is 83.6 Å². The van der Waals surface area contributed by atoms with Gasteiger partial charge in [-0.1, -0.05) is 6.08 Å². The number of likely N-dealkylation sites (N-methyl/N-ethyl adjacent to an activating group) is 1. The predicted molar refractivity (Wildman–Crippen MR) is 57.3 cm³/mol. The van der Waals surface area contributed by atoms with Gasteiger partial charge in [0, 0.05) is 20.0 Å². The molecule has 0 aromatic heterocycles. The standard InChI is InChI=1S/C10H18N2O3/c1-3-5-8(11)10(15)12(2)7-4-6-9(13)14/h3,8H,1,4-7,11H2,2H3,(H,13,14). The lowest BCUT2D eigenvalue weighted by atomic mass is 10.2. The smallest absolute Gasteiger partial charge is 0.303 e. The third kappa shape index (κ3) is 5.85. The van der Waals surface area contributed by atoms with Gasteiger partial charge in [-0.2, -0.15) is 0 Å². The zero-order chi connectivity index (χ0) is 11.8. The van der Waals surface area contributed by atoms with E-state index >= 15 is 0 Å². The van der Waals surface area contributed by atoms with Gasteiger partial charge in [0.15, 0.2) is 0 Å². The van der Waals surface area contributed by atoms with Gasteiger partial charge in [0.05, 0.1) is 6.04 Å². The lowest BCUT2D eigenvalue weighted by Gasteiger charge is -2.20. The third-order valence-corrected chi connectivity index (χ3v) is 2.00. The van der Waals surface area contributed by atoms with E-state index in [1.54, 1.807) is 13.1 Å². The molecule has 3 N–H and O–H groups in total. The first-order chi connectivity index (χ1) is 6.99. The molecular formula is C10H18N2O3. The Balaban J connectivity index is 3.87. The number of nitrogens with zero attached hydrogens (tertiary/aromatic N) is 1. The lowest BCUT2D eigenvalue weighted by Crippen LogP contribution is -2.41. The number of amides is 1. The fourth-order valence-corrected chi connectivity index (χ4v) is 1.14. The van der Waals surface area contributed by atoms with Gasteiger partial charge in [0.1, 0.15) is 0 Å². The van der Waals surface area contributed by atoms with Crippen LogP contribution in [0.2, 0.25) is 0 Å². The van der Waals surface area contributed by atoms with Crippen LogP contribution in [-0.4, -0.2) is 41.5 Å². The van der Waals surface area contributed by atoms with Gasteiger partial charge in [0.2, 0.25) is 5.91 Å². The van der Waals surface area contributed by atoms with Crippen LogP contribution in [0.5, 0.6) is 0 Å². The van der Waals surface area contributed by atoms with E-state index in [1.807, 2.05) is 0 Å². The average Bonchev–Trinajstić information content (AvgIpc) is 2.16. The Labute approximate surface area is 89.6 Å². The van der Waals surface area contributed by atoms with E-state index in [2.05, 4.69) is 6.58 Å². The SMILES string of the molecule is C=CCC(N)C(=O)N(C)CCCC(=O)O. The molecule has 0 aliphatic rings. The van der Waals surface area contributed by atoms with Crippen LogP contribution in [0.1, 0.15) is 19.3 Å². The van der Waals surface area contributed by atoms with Gasteiger partial charge in [0.25, 0.3) is 0 Å². The highest BCUT2D eigenvalue weighted by molar-refractivity contribution is 5.81. The summed E-state index contributed by atoms with van der Waals surface area (Å²) in [5.41, 5.74) is 5.58. The van der Waals surface area contributed by atoms with Gasteiger partial charge < -0.3 is 15.7 Å². The molecular weight excluding hydrogens is 196 g/mol. The second kappa shape index (κ2) is 7.00. The number of nitrogens with two attached hydrogens (primary N) is 1. The van der Waals surface area contributed by atoms with E-state index in [0.717, 1.165) is 0 Å². The Morgan fingerprint density at radius 2 is 2.20 bits per heavy atom. The fraction of sp³-hybridized carbons (Fsp3) is 0.600. The molecule has 5 nitrogen and oxygen atoms in total. The van der Waals surface area contributed by atoms with E-state index in [9.17, 15) is 9.59 Å². The second-order valence-corrected chi connectivity index (χ2v) is 3.39. The van der Waals surface area contributed by atoms with Crippen molar-refractivity contribution in [2.24, 2.45) is 5.73 Å². The number of hydrogen-bond acceptors (Lipinski definition) is 3. The third-order valence-electron chi connectivity index (χ3n) is 2.00. The Morgan fingerprint density at radius 1 is 1.60 bits per heavy atom. The van der Waals surface area contributed by atoms with Gasteiger partial charge in [-0.05, 0) is 12.8 Å². The molecule has 0 aromatic rings. The van der Waals surface area contributed by atoms with Crippen LogP contribution in [0.4, 0.5) is 0 Å². The summed E-state index contributed by atoms with van der Waals surface area (Å²) < 4.78 is 0. The highest BCUT2D eigenvalue weighted by Crippen LogP contribution is 1.98. The molecule has 0 spiro atoms. The summed E-state index contributed by atoms with van der Waals surface area (Å²) in [5.74, 6) is -1.04. The van der Waals surface area contributed by atoms with Crippen LogP contribution >= 0.6 is 0 Å². The van der Waals surface area contributed by atoms with Crippen molar-refractivity contribution in [3.63, 3.8) is 0 Å². The molecule has 0 fully saturated rings. The van der Waals surface area contributed by atoms with E-state index in [0.29, 0.717) is 19.4 Å². The molecule has 86 valence electrons. The zero-order valence-corrected chi connectivity index (χ0v) is 8.98. The van der Waals surface area contributed by atoms with Crippen molar-refractivity contribution in [1.29, 1.82) is 0 Å². The lowest BCUT2D eigenvalue weighted by molar-refractivity contribution is -0.138. The Bertz CT molecular complexity index is 241. The quantitative estimate of drug-likeness (QED) is 0.593. The average molecular weight is 214 g/mol. The maximum absolute atomic E-state index is 11.5. The highest BCUT2D eigenvalue weighted by Gasteiger charge is 2.16. The van der Waals surface area contributed by atoms with Crippen LogP contribution in [-0.2, 0) is 9.59 Å². The first-order valence-electron chi connectivity index (χ1n) is 4.82. The van der Waals surface area contributed by atoms with E-state index in [-0.39, 0.29) is 12.3 Å². The summed E-state index contributed by atoms with van der Waals surface area (Å²) in [7, 11) is 1.62. The van der Waals surface area contributed by atoms with Gasteiger partial charge >= 0.3 is 5.97 Å². The first-order valence-corrected chi connectivity index (χ1v) is 4.82. The molecule has 1 unspecified atom stereocenters. The van der Waals surface area contributed by atoms with Crippen molar-refractivity contribution in [2.45, 2.75) is 25.3 Å². The molecule has 0 rings (SSSR count). The molecule has 0 aliphatic heterocycles. The zero-order valence-electron chi connectivity index (χ0n) is 8.98. The van der Waals surface area contributed by atoms with E-state index in [4.69, 9.17) is 10.8 Å². The molecule has 5 heteroatoms. The number of carbonyl (C=O) groups is 2. The molecule has 0 heterocycles. The maximum atomic E-state index is 11.5. The van der Waals surface area contributed by atoms with Crippen molar-refractivity contribution in [3.8, 4) is 0 Å².